The molecule has 0 atom stereocenters. The molecule has 1 aliphatic rings. The molecule has 1 aliphatic heterocycles. The first kappa shape index (κ1) is 16.5. The van der Waals surface area contributed by atoms with Crippen molar-refractivity contribution in [1.82, 2.24) is 25.4 Å². The van der Waals surface area contributed by atoms with Crippen LogP contribution in [0.3, 0.4) is 0 Å². The third-order valence-corrected chi connectivity index (χ3v) is 4.52. The summed E-state index contributed by atoms with van der Waals surface area (Å²) in [7, 11) is 1.79. The van der Waals surface area contributed by atoms with Crippen LogP contribution in [0.4, 0.5) is 0 Å². The Morgan fingerprint density at radius 3 is 2.79 bits per heavy atom. The lowest BCUT2D eigenvalue weighted by Crippen LogP contribution is -2.37. The fourth-order valence-electron chi connectivity index (χ4n) is 3.11. The average Bonchev–Trinajstić information content (AvgIpc) is 3.00. The first-order valence-corrected chi connectivity index (χ1v) is 8.59. The maximum absolute atomic E-state index is 4.31. The fourth-order valence-corrected chi connectivity index (χ4v) is 3.11. The number of guanidine groups is 1. The van der Waals surface area contributed by atoms with E-state index in [1.54, 1.807) is 7.05 Å². The van der Waals surface area contributed by atoms with Crippen molar-refractivity contribution in [2.75, 3.05) is 7.05 Å². The van der Waals surface area contributed by atoms with Crippen molar-refractivity contribution >= 4 is 5.96 Å². The monoisotopic (exact) mass is 326 g/mol. The zero-order valence-corrected chi connectivity index (χ0v) is 14.8. The van der Waals surface area contributed by atoms with Gasteiger partial charge in [0, 0.05) is 26.6 Å². The molecule has 24 heavy (non-hydrogen) atoms. The summed E-state index contributed by atoms with van der Waals surface area (Å²) in [6.45, 7) is 6.67. The Labute approximate surface area is 143 Å². The summed E-state index contributed by atoms with van der Waals surface area (Å²) in [5.74, 6) is 2.87. The van der Waals surface area contributed by atoms with E-state index in [-0.39, 0.29) is 0 Å². The SMILES string of the molecule is CN=C(NCc1ccc(C)cc1C)NCc1nnc2n1CCCC2. The third-order valence-electron chi connectivity index (χ3n) is 4.52. The zero-order chi connectivity index (χ0) is 16.9. The maximum Gasteiger partial charge on any atom is 0.191 e. The summed E-state index contributed by atoms with van der Waals surface area (Å²) < 4.78 is 2.23. The van der Waals surface area contributed by atoms with E-state index in [1.807, 2.05) is 0 Å². The molecule has 0 saturated carbocycles. The van der Waals surface area contributed by atoms with Gasteiger partial charge in [-0.3, -0.25) is 4.99 Å². The molecule has 2 aromatic rings. The number of rotatable bonds is 4. The molecule has 0 amide bonds. The lowest BCUT2D eigenvalue weighted by Gasteiger charge is -2.16. The Morgan fingerprint density at radius 2 is 2.00 bits per heavy atom. The molecule has 6 heteroatoms. The number of fused-ring (bicyclic) bond motifs is 1. The lowest BCUT2D eigenvalue weighted by atomic mass is 10.1. The van der Waals surface area contributed by atoms with Gasteiger partial charge >= 0.3 is 0 Å². The fraction of sp³-hybridized carbons (Fsp3) is 0.500. The number of hydrogen-bond acceptors (Lipinski definition) is 3. The quantitative estimate of drug-likeness (QED) is 0.667. The minimum atomic E-state index is 0.638. The van der Waals surface area contributed by atoms with E-state index in [0.717, 1.165) is 37.1 Å². The molecule has 0 unspecified atom stereocenters. The Balaban J connectivity index is 1.56. The summed E-state index contributed by atoms with van der Waals surface area (Å²) in [6.07, 6.45) is 3.45. The normalized spacial score (nSPS) is 14.4. The molecule has 3 rings (SSSR count). The number of aromatic nitrogens is 3. The van der Waals surface area contributed by atoms with Gasteiger partial charge in [0.1, 0.15) is 5.82 Å². The van der Waals surface area contributed by atoms with E-state index in [9.17, 15) is 0 Å². The van der Waals surface area contributed by atoms with Crippen molar-refractivity contribution in [3.8, 4) is 0 Å². The summed E-state index contributed by atoms with van der Waals surface area (Å²) in [4.78, 5) is 4.30. The highest BCUT2D eigenvalue weighted by Gasteiger charge is 2.15. The van der Waals surface area contributed by atoms with Crippen molar-refractivity contribution in [3.05, 3.63) is 46.5 Å². The highest BCUT2D eigenvalue weighted by Crippen LogP contribution is 2.14. The molecule has 6 nitrogen and oxygen atoms in total. The summed E-state index contributed by atoms with van der Waals surface area (Å²) in [6, 6.07) is 6.51. The van der Waals surface area contributed by atoms with E-state index < -0.39 is 0 Å². The van der Waals surface area contributed by atoms with Gasteiger partial charge in [-0.2, -0.15) is 0 Å². The maximum atomic E-state index is 4.31. The van der Waals surface area contributed by atoms with E-state index >= 15 is 0 Å². The predicted octanol–water partition coefficient (Wildman–Crippen LogP) is 2.10. The molecule has 0 saturated heterocycles. The van der Waals surface area contributed by atoms with Gasteiger partial charge in [0.15, 0.2) is 11.8 Å². The number of benzene rings is 1. The standard InChI is InChI=1S/C18H26N6/c1-13-7-8-15(14(2)10-13)11-20-18(19-3)21-12-17-23-22-16-6-4-5-9-24(16)17/h7-8,10H,4-6,9,11-12H2,1-3H3,(H2,19,20,21). The van der Waals surface area contributed by atoms with Crippen LogP contribution in [0.15, 0.2) is 23.2 Å². The number of nitrogens with one attached hydrogen (secondary N) is 2. The highest BCUT2D eigenvalue weighted by molar-refractivity contribution is 5.79. The van der Waals surface area contributed by atoms with Gasteiger partial charge in [0.25, 0.3) is 0 Å². The molecule has 128 valence electrons. The minimum Gasteiger partial charge on any atom is -0.352 e. The molecule has 0 radical (unpaired) electrons. The molecule has 0 aliphatic carbocycles. The first-order chi connectivity index (χ1) is 11.7. The molecule has 0 bridgehead atoms. The topological polar surface area (TPSA) is 67.1 Å². The van der Waals surface area contributed by atoms with Crippen LogP contribution in [0.25, 0.3) is 0 Å². The average molecular weight is 326 g/mol. The number of hydrogen-bond donors (Lipinski definition) is 2. The molecule has 2 N–H and O–H groups in total. The van der Waals surface area contributed by atoms with Crippen LogP contribution in [0.1, 0.15) is 41.2 Å². The second-order valence-electron chi connectivity index (χ2n) is 6.35. The van der Waals surface area contributed by atoms with Crippen LogP contribution < -0.4 is 10.6 Å². The molecular weight excluding hydrogens is 300 g/mol. The van der Waals surface area contributed by atoms with Crippen molar-refractivity contribution in [1.29, 1.82) is 0 Å². The van der Waals surface area contributed by atoms with Gasteiger partial charge < -0.3 is 15.2 Å². The molecule has 1 aromatic carbocycles. The Bertz CT molecular complexity index is 731. The van der Waals surface area contributed by atoms with Crippen molar-refractivity contribution in [2.45, 2.75) is 52.7 Å². The Morgan fingerprint density at radius 1 is 1.17 bits per heavy atom. The molecule has 0 spiro atoms. The van der Waals surface area contributed by atoms with Crippen molar-refractivity contribution in [3.63, 3.8) is 0 Å². The van der Waals surface area contributed by atoms with E-state index in [4.69, 9.17) is 0 Å². The highest BCUT2D eigenvalue weighted by atomic mass is 15.3. The lowest BCUT2D eigenvalue weighted by molar-refractivity contribution is 0.504. The summed E-state index contributed by atoms with van der Waals surface area (Å²) in [5.41, 5.74) is 3.86. The largest absolute Gasteiger partial charge is 0.352 e. The van der Waals surface area contributed by atoms with Crippen LogP contribution in [0, 0.1) is 13.8 Å². The third kappa shape index (κ3) is 3.75. The first-order valence-electron chi connectivity index (χ1n) is 8.59. The van der Waals surface area contributed by atoms with Gasteiger partial charge in [-0.25, -0.2) is 0 Å². The second-order valence-corrected chi connectivity index (χ2v) is 6.35. The summed E-state index contributed by atoms with van der Waals surface area (Å²) >= 11 is 0. The van der Waals surface area contributed by atoms with Gasteiger partial charge in [-0.05, 0) is 37.8 Å². The number of nitrogens with zero attached hydrogens (tertiary/aromatic N) is 4. The van der Waals surface area contributed by atoms with Gasteiger partial charge in [-0.15, -0.1) is 10.2 Å². The molecule has 1 aromatic heterocycles. The van der Waals surface area contributed by atoms with E-state index in [2.05, 4.69) is 62.4 Å². The molecule has 0 fully saturated rings. The smallest absolute Gasteiger partial charge is 0.191 e. The van der Waals surface area contributed by atoms with Crippen molar-refractivity contribution in [2.24, 2.45) is 4.99 Å². The van der Waals surface area contributed by atoms with Gasteiger partial charge in [0.05, 0.1) is 6.54 Å². The van der Waals surface area contributed by atoms with Crippen LogP contribution >= 0.6 is 0 Å². The second kappa shape index (κ2) is 7.47. The van der Waals surface area contributed by atoms with Crippen molar-refractivity contribution < 1.29 is 0 Å². The molecular formula is C18H26N6. The minimum absolute atomic E-state index is 0.638. The molecule has 2 heterocycles. The van der Waals surface area contributed by atoms with E-state index in [0.29, 0.717) is 6.54 Å². The summed E-state index contributed by atoms with van der Waals surface area (Å²) in [5, 5.41) is 15.3. The predicted molar refractivity (Wildman–Crippen MR) is 95.9 cm³/mol. The zero-order valence-electron chi connectivity index (χ0n) is 14.8. The Hall–Kier alpha value is -2.37. The van der Waals surface area contributed by atoms with Crippen LogP contribution in [-0.2, 0) is 26.1 Å². The van der Waals surface area contributed by atoms with Gasteiger partial charge in [0.2, 0.25) is 0 Å². The van der Waals surface area contributed by atoms with Crippen LogP contribution in [-0.4, -0.2) is 27.8 Å². The number of aryl methyl sites for hydroxylation is 3. The van der Waals surface area contributed by atoms with Crippen LogP contribution in [0.5, 0.6) is 0 Å². The van der Waals surface area contributed by atoms with E-state index in [1.165, 1.54) is 29.5 Å². The number of aliphatic imine (C=N–C) groups is 1. The van der Waals surface area contributed by atoms with Crippen LogP contribution in [0.2, 0.25) is 0 Å². The Kier molecular flexibility index (Phi) is 5.13. The van der Waals surface area contributed by atoms with Gasteiger partial charge in [-0.1, -0.05) is 23.8 Å².